The van der Waals surface area contributed by atoms with E-state index in [9.17, 15) is 4.79 Å². The Kier molecular flexibility index (Phi) is 4.08. The zero-order valence-electron chi connectivity index (χ0n) is 15.0. The minimum absolute atomic E-state index is 0.243. The lowest BCUT2D eigenvalue weighted by atomic mass is 9.84. The van der Waals surface area contributed by atoms with Crippen LogP contribution in [0, 0.1) is 5.92 Å². The van der Waals surface area contributed by atoms with Gasteiger partial charge in [0.1, 0.15) is 23.0 Å². The Morgan fingerprint density at radius 2 is 1.96 bits per heavy atom. The number of rotatable bonds is 3. The first kappa shape index (κ1) is 16.7. The molecule has 1 saturated heterocycles. The van der Waals surface area contributed by atoms with E-state index in [2.05, 4.69) is 32.4 Å². The van der Waals surface area contributed by atoms with Gasteiger partial charge in [-0.2, -0.15) is 0 Å². The van der Waals surface area contributed by atoms with Gasteiger partial charge in [0, 0.05) is 17.0 Å². The molecule has 2 fully saturated rings. The smallest absolute Gasteiger partial charge is 0.240 e. The number of anilines is 1. The highest BCUT2D eigenvalue weighted by atomic mass is 32.1. The molecule has 1 aliphatic heterocycles. The van der Waals surface area contributed by atoms with E-state index in [1.165, 1.54) is 19.3 Å². The van der Waals surface area contributed by atoms with Crippen LogP contribution in [-0.2, 0) is 4.79 Å². The normalized spacial score (nSPS) is 24.9. The van der Waals surface area contributed by atoms with Crippen LogP contribution in [0.3, 0.4) is 0 Å². The van der Waals surface area contributed by atoms with Gasteiger partial charge in [0.15, 0.2) is 0 Å². The molecule has 3 atom stereocenters. The first-order valence-corrected chi connectivity index (χ1v) is 10.5. The van der Waals surface area contributed by atoms with E-state index >= 15 is 0 Å². The van der Waals surface area contributed by atoms with Gasteiger partial charge in [-0.1, -0.05) is 43.2 Å². The van der Waals surface area contributed by atoms with Crippen molar-refractivity contribution in [1.29, 1.82) is 0 Å². The third kappa shape index (κ3) is 2.70. The Bertz CT molecular complexity index is 986. The van der Waals surface area contributed by atoms with Crippen molar-refractivity contribution in [3.63, 3.8) is 0 Å². The number of benzene rings is 1. The lowest BCUT2D eigenvalue weighted by Crippen LogP contribution is -2.45. The number of nitrogens with two attached hydrogens (primary N) is 1. The highest BCUT2D eigenvalue weighted by Crippen LogP contribution is 2.45. The van der Waals surface area contributed by atoms with E-state index in [-0.39, 0.29) is 11.9 Å². The van der Waals surface area contributed by atoms with Crippen molar-refractivity contribution in [3.05, 3.63) is 42.0 Å². The summed E-state index contributed by atoms with van der Waals surface area (Å²) in [6.07, 6.45) is 7.19. The Morgan fingerprint density at radius 1 is 1.15 bits per heavy atom. The molecular formula is C21H22N4OS. The van der Waals surface area contributed by atoms with Crippen molar-refractivity contribution >= 4 is 33.3 Å². The second-order valence-corrected chi connectivity index (χ2v) is 8.42. The third-order valence-corrected chi connectivity index (χ3v) is 6.98. The van der Waals surface area contributed by atoms with Gasteiger partial charge >= 0.3 is 0 Å². The topological polar surface area (TPSA) is 72.1 Å². The zero-order chi connectivity index (χ0) is 18.4. The largest absolute Gasteiger partial charge is 0.368 e. The average molecular weight is 379 g/mol. The summed E-state index contributed by atoms with van der Waals surface area (Å²) in [5, 5.41) is 3.19. The second kappa shape index (κ2) is 6.60. The van der Waals surface area contributed by atoms with E-state index in [0.717, 1.165) is 40.0 Å². The quantitative estimate of drug-likeness (QED) is 0.748. The molecule has 3 aromatic rings. The number of thiophene rings is 1. The van der Waals surface area contributed by atoms with Gasteiger partial charge in [-0.05, 0) is 30.7 Å². The number of amides is 1. The summed E-state index contributed by atoms with van der Waals surface area (Å²) in [7, 11) is 0. The Morgan fingerprint density at radius 3 is 2.78 bits per heavy atom. The van der Waals surface area contributed by atoms with Crippen molar-refractivity contribution in [2.45, 2.75) is 44.2 Å². The molecule has 5 nitrogen and oxygen atoms in total. The summed E-state index contributed by atoms with van der Waals surface area (Å²) in [6.45, 7) is 0. The predicted octanol–water partition coefficient (Wildman–Crippen LogP) is 3.98. The van der Waals surface area contributed by atoms with Crippen molar-refractivity contribution in [2.24, 2.45) is 11.7 Å². The van der Waals surface area contributed by atoms with Crippen LogP contribution in [0.25, 0.3) is 21.3 Å². The maximum Gasteiger partial charge on any atom is 0.240 e. The van der Waals surface area contributed by atoms with Gasteiger partial charge in [-0.3, -0.25) is 4.79 Å². The Labute approximate surface area is 162 Å². The lowest BCUT2D eigenvalue weighted by molar-refractivity contribution is -0.119. The van der Waals surface area contributed by atoms with Crippen molar-refractivity contribution in [3.8, 4) is 11.1 Å². The third-order valence-electron chi connectivity index (χ3n) is 6.10. The van der Waals surface area contributed by atoms with Crippen molar-refractivity contribution < 1.29 is 4.79 Å². The number of nitrogens with zero attached hydrogens (tertiary/aromatic N) is 3. The van der Waals surface area contributed by atoms with Gasteiger partial charge in [0.25, 0.3) is 0 Å². The molecule has 0 spiro atoms. The highest BCUT2D eigenvalue weighted by Gasteiger charge is 2.45. The second-order valence-electron chi connectivity index (χ2n) is 7.57. The number of fused-ring (bicyclic) bond motifs is 2. The number of aromatic nitrogens is 2. The van der Waals surface area contributed by atoms with Crippen LogP contribution in [0.5, 0.6) is 0 Å². The molecular weight excluding hydrogens is 356 g/mol. The summed E-state index contributed by atoms with van der Waals surface area (Å²) in [6, 6.07) is 10.4. The van der Waals surface area contributed by atoms with E-state index in [0.29, 0.717) is 12.0 Å². The number of primary amides is 1. The molecule has 1 saturated carbocycles. The summed E-state index contributed by atoms with van der Waals surface area (Å²) >= 11 is 1.63. The molecule has 2 aromatic heterocycles. The fraction of sp³-hybridized carbons (Fsp3) is 0.381. The van der Waals surface area contributed by atoms with Crippen molar-refractivity contribution in [2.75, 3.05) is 4.90 Å². The molecule has 0 bridgehead atoms. The van der Waals surface area contributed by atoms with Crippen LogP contribution < -0.4 is 10.6 Å². The molecule has 0 radical (unpaired) electrons. The maximum atomic E-state index is 12.3. The predicted molar refractivity (Wildman–Crippen MR) is 109 cm³/mol. The summed E-state index contributed by atoms with van der Waals surface area (Å²) < 4.78 is 0. The number of carbonyl (C=O) groups excluding carboxylic acids is 1. The zero-order valence-corrected chi connectivity index (χ0v) is 15.9. The van der Waals surface area contributed by atoms with Crippen LogP contribution in [0.4, 0.5) is 5.82 Å². The van der Waals surface area contributed by atoms with E-state index in [1.807, 2.05) is 18.2 Å². The Balaban J connectivity index is 1.70. The monoisotopic (exact) mass is 378 g/mol. The SMILES string of the molecule is NC(=O)[C@H]1C[C@@H]2CCCC[C@@H]2N1c1ncnc2scc(-c3ccccc3)c12. The molecule has 0 unspecified atom stereocenters. The maximum absolute atomic E-state index is 12.3. The van der Waals surface area contributed by atoms with Gasteiger partial charge in [-0.15, -0.1) is 11.3 Å². The van der Waals surface area contributed by atoms with Crippen molar-refractivity contribution in [1.82, 2.24) is 9.97 Å². The minimum Gasteiger partial charge on any atom is -0.368 e. The molecule has 27 heavy (non-hydrogen) atoms. The summed E-state index contributed by atoms with van der Waals surface area (Å²) in [5.41, 5.74) is 8.11. The molecule has 2 N–H and O–H groups in total. The lowest BCUT2D eigenvalue weighted by Gasteiger charge is -2.34. The Hall–Kier alpha value is -2.47. The van der Waals surface area contributed by atoms with Crippen LogP contribution in [0.1, 0.15) is 32.1 Å². The summed E-state index contributed by atoms with van der Waals surface area (Å²) in [4.78, 5) is 24.7. The molecule has 6 heteroatoms. The first-order chi connectivity index (χ1) is 13.2. The van der Waals surface area contributed by atoms with Crippen LogP contribution in [0.15, 0.2) is 42.0 Å². The van der Waals surface area contributed by atoms with Crippen LogP contribution in [0.2, 0.25) is 0 Å². The number of carbonyl (C=O) groups is 1. The first-order valence-electron chi connectivity index (χ1n) is 9.59. The number of hydrogen-bond donors (Lipinski definition) is 1. The minimum atomic E-state index is -0.278. The fourth-order valence-electron chi connectivity index (χ4n) is 4.90. The molecule has 1 aromatic carbocycles. The van der Waals surface area contributed by atoms with Gasteiger partial charge in [0.2, 0.25) is 5.91 Å². The van der Waals surface area contributed by atoms with Crippen LogP contribution in [-0.4, -0.2) is 28.0 Å². The van der Waals surface area contributed by atoms with Gasteiger partial charge in [0.05, 0.1) is 5.39 Å². The van der Waals surface area contributed by atoms with E-state index in [1.54, 1.807) is 17.7 Å². The molecule has 1 amide bonds. The highest BCUT2D eigenvalue weighted by molar-refractivity contribution is 7.17. The molecule has 3 heterocycles. The fourth-order valence-corrected chi connectivity index (χ4v) is 5.81. The average Bonchev–Trinajstić information content (AvgIpc) is 3.30. The standard InChI is InChI=1S/C21H22N4OS/c22-19(26)17-10-14-8-4-5-9-16(14)25(17)20-18-15(13-6-2-1-3-7-13)11-27-21(18)24-12-23-20/h1-3,6-7,11-12,14,16-17H,4-5,8-10H2,(H2,22,26)/t14-,16-,17+/m0/s1. The van der Waals surface area contributed by atoms with Crippen LogP contribution >= 0.6 is 11.3 Å². The molecule has 1 aliphatic carbocycles. The van der Waals surface area contributed by atoms with E-state index in [4.69, 9.17) is 5.73 Å². The van der Waals surface area contributed by atoms with Gasteiger partial charge in [-0.25, -0.2) is 9.97 Å². The van der Waals surface area contributed by atoms with E-state index < -0.39 is 0 Å². The molecule has 5 rings (SSSR count). The molecule has 138 valence electrons. The summed E-state index contributed by atoms with van der Waals surface area (Å²) in [5.74, 6) is 1.16. The van der Waals surface area contributed by atoms with Gasteiger partial charge < -0.3 is 10.6 Å². The molecule has 2 aliphatic rings. The number of hydrogen-bond acceptors (Lipinski definition) is 5.